The van der Waals surface area contributed by atoms with Gasteiger partial charge in [0.2, 0.25) is 15.9 Å². The molecule has 1 aliphatic heterocycles. The largest absolute Gasteiger partial charge is 0.350 e. The number of nitrogens with zero attached hydrogens (tertiary/aromatic N) is 3. The first kappa shape index (κ1) is 17.2. The zero-order chi connectivity index (χ0) is 17.5. The highest BCUT2D eigenvalue weighted by molar-refractivity contribution is 7.89. The minimum absolute atomic E-state index is 0.115. The molecule has 1 N–H and O–H groups in total. The number of benzene rings is 1. The zero-order valence-electron chi connectivity index (χ0n) is 13.8. The van der Waals surface area contributed by atoms with Crippen LogP contribution in [0.5, 0.6) is 0 Å². The standard InChI is InChI=1S/C15H20N4O3S2/c1-15(2,3)16-14(20)11-7-5-9-19(11)24(21,22)12-8-4-6-10-13(12)18-23-17-10/h4,6,8,11H,5,7,9H2,1-3H3,(H,16,20). The van der Waals surface area contributed by atoms with Crippen LogP contribution in [-0.2, 0) is 14.8 Å². The molecule has 1 unspecified atom stereocenters. The monoisotopic (exact) mass is 368 g/mol. The molecule has 0 saturated carbocycles. The van der Waals surface area contributed by atoms with Gasteiger partial charge in [-0.15, -0.1) is 0 Å². The summed E-state index contributed by atoms with van der Waals surface area (Å²) in [6.07, 6.45) is 1.18. The molecular weight excluding hydrogens is 348 g/mol. The number of rotatable bonds is 3. The number of nitrogens with one attached hydrogen (secondary N) is 1. The fourth-order valence-corrected chi connectivity index (χ4v) is 5.27. The quantitative estimate of drug-likeness (QED) is 0.891. The molecule has 1 fully saturated rings. The van der Waals surface area contributed by atoms with Gasteiger partial charge in [-0.25, -0.2) is 8.42 Å². The van der Waals surface area contributed by atoms with E-state index in [-0.39, 0.29) is 10.8 Å². The molecule has 2 aromatic rings. The van der Waals surface area contributed by atoms with E-state index < -0.39 is 21.6 Å². The van der Waals surface area contributed by atoms with Crippen LogP contribution in [0.1, 0.15) is 33.6 Å². The summed E-state index contributed by atoms with van der Waals surface area (Å²) in [6, 6.07) is 4.22. The molecule has 1 aromatic heterocycles. The van der Waals surface area contributed by atoms with Gasteiger partial charge in [-0.3, -0.25) is 4.79 Å². The van der Waals surface area contributed by atoms with Crippen LogP contribution in [0.2, 0.25) is 0 Å². The van der Waals surface area contributed by atoms with Crippen molar-refractivity contribution in [3.63, 3.8) is 0 Å². The van der Waals surface area contributed by atoms with Crippen molar-refractivity contribution in [2.24, 2.45) is 0 Å². The van der Waals surface area contributed by atoms with Crippen molar-refractivity contribution in [1.82, 2.24) is 18.4 Å². The van der Waals surface area contributed by atoms with Crippen molar-refractivity contribution in [2.45, 2.75) is 50.1 Å². The average molecular weight is 368 g/mol. The minimum Gasteiger partial charge on any atom is -0.350 e. The average Bonchev–Trinajstić information content (AvgIpc) is 3.14. The van der Waals surface area contributed by atoms with Crippen LogP contribution >= 0.6 is 11.7 Å². The van der Waals surface area contributed by atoms with Gasteiger partial charge in [0.05, 0.1) is 11.7 Å². The van der Waals surface area contributed by atoms with Crippen LogP contribution < -0.4 is 5.32 Å². The summed E-state index contributed by atoms with van der Waals surface area (Å²) >= 11 is 0.978. The van der Waals surface area contributed by atoms with Gasteiger partial charge >= 0.3 is 0 Å². The van der Waals surface area contributed by atoms with Gasteiger partial charge in [-0.2, -0.15) is 13.1 Å². The Kier molecular flexibility index (Phi) is 4.35. The lowest BCUT2D eigenvalue weighted by Crippen LogP contribution is -2.51. The number of fused-ring (bicyclic) bond motifs is 1. The molecular formula is C15H20N4O3S2. The van der Waals surface area contributed by atoms with Gasteiger partial charge in [-0.1, -0.05) is 6.07 Å². The Morgan fingerprint density at radius 1 is 1.33 bits per heavy atom. The van der Waals surface area contributed by atoms with E-state index in [1.165, 1.54) is 10.4 Å². The van der Waals surface area contributed by atoms with Crippen molar-refractivity contribution >= 4 is 38.7 Å². The highest BCUT2D eigenvalue weighted by Crippen LogP contribution is 2.30. The van der Waals surface area contributed by atoms with E-state index in [1.54, 1.807) is 12.1 Å². The molecule has 9 heteroatoms. The summed E-state index contributed by atoms with van der Waals surface area (Å²) in [4.78, 5) is 12.6. The predicted octanol–water partition coefficient (Wildman–Crippen LogP) is 1.76. The fraction of sp³-hybridized carbons (Fsp3) is 0.533. The van der Waals surface area contributed by atoms with Crippen LogP contribution in [0.25, 0.3) is 11.0 Å². The van der Waals surface area contributed by atoms with Crippen molar-refractivity contribution in [3.05, 3.63) is 18.2 Å². The fourth-order valence-electron chi connectivity index (χ4n) is 2.86. The number of aromatic nitrogens is 2. The lowest BCUT2D eigenvalue weighted by Gasteiger charge is -2.27. The lowest BCUT2D eigenvalue weighted by molar-refractivity contribution is -0.125. The lowest BCUT2D eigenvalue weighted by atomic mass is 10.1. The topological polar surface area (TPSA) is 92.3 Å². The number of carbonyl (C=O) groups is 1. The van der Waals surface area contributed by atoms with E-state index in [1.807, 2.05) is 20.8 Å². The molecule has 1 saturated heterocycles. The molecule has 1 amide bonds. The number of hydrogen-bond donors (Lipinski definition) is 1. The Bertz CT molecular complexity index is 870. The molecule has 7 nitrogen and oxygen atoms in total. The molecule has 0 radical (unpaired) electrons. The van der Waals surface area contributed by atoms with Gasteiger partial charge in [-0.05, 0) is 45.7 Å². The molecule has 1 aromatic carbocycles. The van der Waals surface area contributed by atoms with E-state index in [0.717, 1.165) is 11.7 Å². The highest BCUT2D eigenvalue weighted by Gasteiger charge is 2.41. The van der Waals surface area contributed by atoms with Crippen LogP contribution in [0, 0.1) is 0 Å². The molecule has 0 aliphatic carbocycles. The van der Waals surface area contributed by atoms with E-state index in [2.05, 4.69) is 14.1 Å². The minimum atomic E-state index is -3.81. The second-order valence-corrected chi connectivity index (χ2v) is 9.29. The molecule has 0 bridgehead atoms. The zero-order valence-corrected chi connectivity index (χ0v) is 15.4. The highest BCUT2D eigenvalue weighted by atomic mass is 32.2. The van der Waals surface area contributed by atoms with E-state index in [9.17, 15) is 13.2 Å². The Morgan fingerprint density at radius 3 is 2.79 bits per heavy atom. The first-order valence-electron chi connectivity index (χ1n) is 7.75. The van der Waals surface area contributed by atoms with Gasteiger partial charge in [0, 0.05) is 12.1 Å². The second kappa shape index (κ2) is 6.05. The van der Waals surface area contributed by atoms with Crippen LogP contribution in [0.3, 0.4) is 0 Å². The second-order valence-electron chi connectivity index (χ2n) is 6.90. The Labute approximate surface area is 145 Å². The Balaban J connectivity index is 1.97. The predicted molar refractivity (Wildman–Crippen MR) is 92.2 cm³/mol. The van der Waals surface area contributed by atoms with Crippen molar-refractivity contribution < 1.29 is 13.2 Å². The summed E-state index contributed by atoms with van der Waals surface area (Å²) < 4.78 is 35.7. The van der Waals surface area contributed by atoms with Gasteiger partial charge in [0.15, 0.2) is 0 Å². The third-order valence-corrected chi connectivity index (χ3v) is 6.32. The molecule has 2 heterocycles. The van der Waals surface area contributed by atoms with Crippen LogP contribution in [0.15, 0.2) is 23.1 Å². The SMILES string of the molecule is CC(C)(C)NC(=O)C1CCCN1S(=O)(=O)c1cccc2nsnc12. The Morgan fingerprint density at radius 2 is 2.08 bits per heavy atom. The first-order chi connectivity index (χ1) is 11.2. The van der Waals surface area contributed by atoms with Crippen molar-refractivity contribution in [1.29, 1.82) is 0 Å². The van der Waals surface area contributed by atoms with Gasteiger partial charge in [0.25, 0.3) is 0 Å². The van der Waals surface area contributed by atoms with Gasteiger partial charge in [0.1, 0.15) is 22.0 Å². The van der Waals surface area contributed by atoms with Crippen molar-refractivity contribution in [3.8, 4) is 0 Å². The Hall–Kier alpha value is -1.58. The molecule has 130 valence electrons. The number of amides is 1. The maximum atomic E-state index is 13.1. The number of sulfonamides is 1. The summed E-state index contributed by atoms with van der Waals surface area (Å²) in [5, 5.41) is 2.88. The normalized spacial score (nSPS) is 19.7. The van der Waals surface area contributed by atoms with Crippen LogP contribution in [-0.4, -0.2) is 45.5 Å². The third kappa shape index (κ3) is 3.15. The third-order valence-electron chi connectivity index (χ3n) is 3.84. The van der Waals surface area contributed by atoms with Crippen molar-refractivity contribution in [2.75, 3.05) is 6.54 Å². The van der Waals surface area contributed by atoms with Crippen LogP contribution in [0.4, 0.5) is 0 Å². The smallest absolute Gasteiger partial charge is 0.246 e. The maximum absolute atomic E-state index is 13.1. The number of hydrogen-bond acceptors (Lipinski definition) is 6. The molecule has 3 rings (SSSR count). The van der Waals surface area contributed by atoms with Gasteiger partial charge < -0.3 is 5.32 Å². The molecule has 1 atom stereocenters. The first-order valence-corrected chi connectivity index (χ1v) is 9.92. The summed E-state index contributed by atoms with van der Waals surface area (Å²) in [5.41, 5.74) is 0.508. The van der Waals surface area contributed by atoms with E-state index in [0.29, 0.717) is 30.4 Å². The summed E-state index contributed by atoms with van der Waals surface area (Å²) in [7, 11) is -3.81. The number of carbonyl (C=O) groups excluding carboxylic acids is 1. The molecule has 24 heavy (non-hydrogen) atoms. The summed E-state index contributed by atoms with van der Waals surface area (Å²) in [6.45, 7) is 5.96. The van der Waals surface area contributed by atoms with E-state index in [4.69, 9.17) is 0 Å². The maximum Gasteiger partial charge on any atom is 0.246 e. The molecule has 0 spiro atoms. The molecule has 1 aliphatic rings. The summed E-state index contributed by atoms with van der Waals surface area (Å²) in [5.74, 6) is -0.257. The van der Waals surface area contributed by atoms with E-state index >= 15 is 0 Å².